The van der Waals surface area contributed by atoms with Gasteiger partial charge in [0.1, 0.15) is 5.75 Å². The molecule has 0 unspecified atom stereocenters. The molecule has 0 bridgehead atoms. The number of carbonyl (C=O) groups is 1. The highest BCUT2D eigenvalue weighted by Crippen LogP contribution is 2.10. The van der Waals surface area contributed by atoms with E-state index in [4.69, 9.17) is 4.74 Å². The standard InChI is InChI=1S/C17H20N2O4S/c1-23-16-9-7-14(8-10-16)11-18-17(20)12-19-24(21,22)13-15-5-3-2-4-6-15/h2-10,19H,11-13H2,1H3,(H,18,20). The summed E-state index contributed by atoms with van der Waals surface area (Å²) in [6, 6.07) is 16.1. The highest BCUT2D eigenvalue weighted by atomic mass is 32.2. The molecular weight excluding hydrogens is 328 g/mol. The van der Waals surface area contributed by atoms with Crippen molar-refractivity contribution < 1.29 is 17.9 Å². The normalized spacial score (nSPS) is 11.0. The van der Waals surface area contributed by atoms with Crippen LogP contribution >= 0.6 is 0 Å². The number of hydrogen-bond acceptors (Lipinski definition) is 4. The molecule has 0 atom stereocenters. The molecule has 128 valence electrons. The van der Waals surface area contributed by atoms with E-state index >= 15 is 0 Å². The fraction of sp³-hybridized carbons (Fsp3) is 0.235. The average molecular weight is 348 g/mol. The van der Waals surface area contributed by atoms with Crippen LogP contribution in [0, 0.1) is 0 Å². The van der Waals surface area contributed by atoms with Gasteiger partial charge >= 0.3 is 0 Å². The van der Waals surface area contributed by atoms with Gasteiger partial charge in [-0.25, -0.2) is 13.1 Å². The third kappa shape index (κ3) is 6.02. The number of hydrogen-bond donors (Lipinski definition) is 2. The Hall–Kier alpha value is -2.38. The summed E-state index contributed by atoms with van der Waals surface area (Å²) in [5.74, 6) is 0.195. The third-order valence-corrected chi connectivity index (χ3v) is 4.60. The van der Waals surface area contributed by atoms with Crippen LogP contribution in [0.3, 0.4) is 0 Å². The van der Waals surface area contributed by atoms with Crippen LogP contribution in [0.4, 0.5) is 0 Å². The van der Waals surface area contributed by atoms with Crippen LogP contribution in [0.5, 0.6) is 5.75 Å². The van der Waals surface area contributed by atoms with Crippen LogP contribution in [0.2, 0.25) is 0 Å². The highest BCUT2D eigenvalue weighted by molar-refractivity contribution is 7.88. The van der Waals surface area contributed by atoms with Gasteiger partial charge in [-0.2, -0.15) is 0 Å². The van der Waals surface area contributed by atoms with Gasteiger partial charge in [0.2, 0.25) is 15.9 Å². The lowest BCUT2D eigenvalue weighted by molar-refractivity contribution is -0.120. The second kappa shape index (κ2) is 8.47. The Bertz CT molecular complexity index is 759. The molecule has 0 fully saturated rings. The number of rotatable bonds is 8. The number of amides is 1. The largest absolute Gasteiger partial charge is 0.497 e. The molecule has 1 amide bonds. The van der Waals surface area contributed by atoms with Gasteiger partial charge in [-0.3, -0.25) is 4.79 Å². The molecule has 2 rings (SSSR count). The van der Waals surface area contributed by atoms with Crippen molar-refractivity contribution >= 4 is 15.9 Å². The molecule has 2 aromatic carbocycles. The summed E-state index contributed by atoms with van der Waals surface area (Å²) in [6.45, 7) is 0.0363. The monoisotopic (exact) mass is 348 g/mol. The molecule has 6 nitrogen and oxygen atoms in total. The summed E-state index contributed by atoms with van der Waals surface area (Å²) in [5.41, 5.74) is 1.57. The fourth-order valence-electron chi connectivity index (χ4n) is 2.03. The summed E-state index contributed by atoms with van der Waals surface area (Å²) in [6.07, 6.45) is 0. The lowest BCUT2D eigenvalue weighted by Crippen LogP contribution is -2.37. The van der Waals surface area contributed by atoms with E-state index in [-0.39, 0.29) is 18.2 Å². The van der Waals surface area contributed by atoms with E-state index in [9.17, 15) is 13.2 Å². The number of ether oxygens (including phenoxy) is 1. The second-order valence-corrected chi connectivity index (χ2v) is 7.00. The maximum absolute atomic E-state index is 11.9. The van der Waals surface area contributed by atoms with Gasteiger partial charge in [0.25, 0.3) is 0 Å². The third-order valence-electron chi connectivity index (χ3n) is 3.30. The lowest BCUT2D eigenvalue weighted by Gasteiger charge is -2.08. The molecule has 0 aliphatic heterocycles. The Morgan fingerprint density at radius 2 is 1.67 bits per heavy atom. The van der Waals surface area contributed by atoms with E-state index < -0.39 is 10.0 Å². The van der Waals surface area contributed by atoms with Crippen LogP contribution in [-0.2, 0) is 27.1 Å². The van der Waals surface area contributed by atoms with Crippen molar-refractivity contribution in [2.45, 2.75) is 12.3 Å². The van der Waals surface area contributed by atoms with Crippen molar-refractivity contribution in [3.05, 3.63) is 65.7 Å². The second-order valence-electron chi connectivity index (χ2n) is 5.19. The highest BCUT2D eigenvalue weighted by Gasteiger charge is 2.13. The minimum absolute atomic E-state index is 0.153. The van der Waals surface area contributed by atoms with Crippen LogP contribution in [0.15, 0.2) is 54.6 Å². The molecule has 0 aliphatic rings. The van der Waals surface area contributed by atoms with Crippen LogP contribution in [0.1, 0.15) is 11.1 Å². The van der Waals surface area contributed by atoms with Gasteiger partial charge in [0.15, 0.2) is 0 Å². The Labute approximate surface area is 141 Å². The first kappa shape index (κ1) is 18.0. The fourth-order valence-corrected chi connectivity index (χ4v) is 3.11. The van der Waals surface area contributed by atoms with Crippen molar-refractivity contribution in [2.75, 3.05) is 13.7 Å². The van der Waals surface area contributed by atoms with Crippen LogP contribution in [-0.4, -0.2) is 28.0 Å². The lowest BCUT2D eigenvalue weighted by atomic mass is 10.2. The van der Waals surface area contributed by atoms with Gasteiger partial charge in [0, 0.05) is 6.54 Å². The number of nitrogens with one attached hydrogen (secondary N) is 2. The smallest absolute Gasteiger partial charge is 0.235 e. The predicted octanol–water partition coefficient (Wildman–Crippen LogP) is 1.43. The summed E-state index contributed by atoms with van der Waals surface area (Å²) < 4.78 is 31.2. The van der Waals surface area contributed by atoms with E-state index in [0.717, 1.165) is 11.3 Å². The Morgan fingerprint density at radius 1 is 1.00 bits per heavy atom. The minimum Gasteiger partial charge on any atom is -0.497 e. The van der Waals surface area contributed by atoms with Crippen molar-refractivity contribution in [2.24, 2.45) is 0 Å². The van der Waals surface area contributed by atoms with Gasteiger partial charge in [-0.1, -0.05) is 42.5 Å². The van der Waals surface area contributed by atoms with E-state index in [1.165, 1.54) is 0 Å². The van der Waals surface area contributed by atoms with Gasteiger partial charge < -0.3 is 10.1 Å². The molecule has 0 heterocycles. The molecule has 0 aromatic heterocycles. The molecule has 24 heavy (non-hydrogen) atoms. The van der Waals surface area contributed by atoms with Gasteiger partial charge in [-0.05, 0) is 23.3 Å². The number of carbonyl (C=O) groups excluding carboxylic acids is 1. The van der Waals surface area contributed by atoms with Gasteiger partial charge in [-0.15, -0.1) is 0 Å². The molecule has 0 spiro atoms. The topological polar surface area (TPSA) is 84.5 Å². The zero-order chi connectivity index (χ0) is 17.4. The molecule has 0 saturated carbocycles. The Balaban J connectivity index is 1.77. The van der Waals surface area contributed by atoms with E-state index in [0.29, 0.717) is 12.1 Å². The Morgan fingerprint density at radius 3 is 2.29 bits per heavy atom. The summed E-state index contributed by atoms with van der Waals surface area (Å²) >= 11 is 0. The predicted molar refractivity (Wildman–Crippen MR) is 91.9 cm³/mol. The van der Waals surface area contributed by atoms with Gasteiger partial charge in [0.05, 0.1) is 19.4 Å². The maximum Gasteiger partial charge on any atom is 0.235 e. The summed E-state index contributed by atoms with van der Waals surface area (Å²) in [5, 5.41) is 2.67. The van der Waals surface area contributed by atoms with E-state index in [1.54, 1.807) is 43.5 Å². The van der Waals surface area contributed by atoms with Crippen molar-refractivity contribution in [3.63, 3.8) is 0 Å². The Kier molecular flexibility index (Phi) is 6.34. The molecule has 0 aliphatic carbocycles. The van der Waals surface area contributed by atoms with Crippen LogP contribution < -0.4 is 14.8 Å². The average Bonchev–Trinajstić information content (AvgIpc) is 2.59. The van der Waals surface area contributed by atoms with E-state index in [1.807, 2.05) is 18.2 Å². The zero-order valence-electron chi connectivity index (χ0n) is 13.4. The summed E-state index contributed by atoms with van der Waals surface area (Å²) in [4.78, 5) is 11.8. The molecule has 2 aromatic rings. The molecule has 0 radical (unpaired) electrons. The number of sulfonamides is 1. The first-order valence-electron chi connectivity index (χ1n) is 7.39. The number of methoxy groups -OCH3 is 1. The zero-order valence-corrected chi connectivity index (χ0v) is 14.2. The number of benzene rings is 2. The molecular formula is C17H20N2O4S. The quantitative estimate of drug-likeness (QED) is 0.756. The maximum atomic E-state index is 11.9. The first-order chi connectivity index (χ1) is 11.5. The molecule has 0 saturated heterocycles. The molecule has 2 N–H and O–H groups in total. The summed E-state index contributed by atoms with van der Waals surface area (Å²) in [7, 11) is -1.97. The van der Waals surface area contributed by atoms with Crippen molar-refractivity contribution in [1.29, 1.82) is 0 Å². The SMILES string of the molecule is COc1ccc(CNC(=O)CNS(=O)(=O)Cc2ccccc2)cc1. The van der Waals surface area contributed by atoms with Crippen molar-refractivity contribution in [3.8, 4) is 5.75 Å². The minimum atomic E-state index is -3.55. The van der Waals surface area contributed by atoms with Crippen molar-refractivity contribution in [1.82, 2.24) is 10.0 Å². The van der Waals surface area contributed by atoms with E-state index in [2.05, 4.69) is 10.0 Å². The van der Waals surface area contributed by atoms with Crippen LogP contribution in [0.25, 0.3) is 0 Å². The molecule has 7 heteroatoms. The first-order valence-corrected chi connectivity index (χ1v) is 9.04.